The number of nitrogens with one attached hydrogen (secondary N) is 1. The maximum absolute atomic E-state index is 12.2. The predicted octanol–water partition coefficient (Wildman–Crippen LogP) is 4.22. The second kappa shape index (κ2) is 7.28. The number of carbonyl (C=O) groups excluding carboxylic acids is 1. The third-order valence-corrected chi connectivity index (χ3v) is 4.10. The average Bonchev–Trinajstić information content (AvgIpc) is 2.56. The molecule has 0 aliphatic carbocycles. The van der Waals surface area contributed by atoms with Crippen LogP contribution in [-0.4, -0.2) is 24.4 Å². The molecule has 3 aromatic carbocycles. The van der Waals surface area contributed by atoms with Crippen LogP contribution in [0, 0.1) is 6.92 Å². The predicted molar refractivity (Wildman–Crippen MR) is 100 cm³/mol. The standard InChI is InChI=1S/C21H22N2O/c1-16-7-3-6-10-20(16)22-21(24)15-23(2)14-17-11-12-18-8-4-5-9-19(18)13-17/h3-13H,14-15H2,1-2H3,(H,22,24). The summed E-state index contributed by atoms with van der Waals surface area (Å²) in [5.74, 6) is 0.00703. The van der Waals surface area contributed by atoms with Gasteiger partial charge in [-0.15, -0.1) is 0 Å². The summed E-state index contributed by atoms with van der Waals surface area (Å²) in [4.78, 5) is 14.3. The van der Waals surface area contributed by atoms with Crippen molar-refractivity contribution >= 4 is 22.4 Å². The Hall–Kier alpha value is -2.65. The van der Waals surface area contributed by atoms with E-state index in [1.54, 1.807) is 0 Å². The number of hydrogen-bond donors (Lipinski definition) is 1. The maximum Gasteiger partial charge on any atom is 0.238 e. The van der Waals surface area contributed by atoms with Crippen molar-refractivity contribution in [1.29, 1.82) is 0 Å². The Morgan fingerprint density at radius 2 is 1.67 bits per heavy atom. The van der Waals surface area contributed by atoms with Crippen LogP contribution in [0.3, 0.4) is 0 Å². The number of likely N-dealkylation sites (N-methyl/N-ethyl adjacent to an activating group) is 1. The lowest BCUT2D eigenvalue weighted by molar-refractivity contribution is -0.117. The molecular weight excluding hydrogens is 296 g/mol. The highest BCUT2D eigenvalue weighted by molar-refractivity contribution is 5.92. The molecule has 0 saturated carbocycles. The quantitative estimate of drug-likeness (QED) is 0.764. The highest BCUT2D eigenvalue weighted by atomic mass is 16.2. The van der Waals surface area contributed by atoms with Gasteiger partial charge in [-0.3, -0.25) is 9.69 Å². The van der Waals surface area contributed by atoms with E-state index in [1.165, 1.54) is 16.3 Å². The number of fused-ring (bicyclic) bond motifs is 1. The minimum absolute atomic E-state index is 0.00703. The van der Waals surface area contributed by atoms with Gasteiger partial charge in [0.2, 0.25) is 5.91 Å². The van der Waals surface area contributed by atoms with Gasteiger partial charge in [-0.2, -0.15) is 0 Å². The summed E-state index contributed by atoms with van der Waals surface area (Å²) in [6, 6.07) is 22.6. The van der Waals surface area contributed by atoms with Crippen LogP contribution in [0.4, 0.5) is 5.69 Å². The first kappa shape index (κ1) is 16.2. The van der Waals surface area contributed by atoms with Crippen molar-refractivity contribution in [2.24, 2.45) is 0 Å². The minimum Gasteiger partial charge on any atom is -0.325 e. The molecule has 3 aromatic rings. The van der Waals surface area contributed by atoms with Gasteiger partial charge in [-0.05, 0) is 48.0 Å². The molecule has 0 spiro atoms. The monoisotopic (exact) mass is 318 g/mol. The number of rotatable bonds is 5. The Kier molecular flexibility index (Phi) is 4.92. The van der Waals surface area contributed by atoms with Crippen LogP contribution in [0.5, 0.6) is 0 Å². The maximum atomic E-state index is 12.2. The average molecular weight is 318 g/mol. The molecule has 0 fully saturated rings. The van der Waals surface area contributed by atoms with Crippen LogP contribution in [0.25, 0.3) is 10.8 Å². The summed E-state index contributed by atoms with van der Waals surface area (Å²) in [6.45, 7) is 3.10. The van der Waals surface area contributed by atoms with E-state index in [1.807, 2.05) is 55.3 Å². The molecule has 3 rings (SSSR count). The summed E-state index contributed by atoms with van der Waals surface area (Å²) < 4.78 is 0. The molecule has 1 amide bonds. The summed E-state index contributed by atoms with van der Waals surface area (Å²) in [5.41, 5.74) is 3.16. The van der Waals surface area contributed by atoms with Crippen molar-refractivity contribution in [3.63, 3.8) is 0 Å². The SMILES string of the molecule is Cc1ccccc1NC(=O)CN(C)Cc1ccc2ccccc2c1. The molecule has 0 bridgehead atoms. The minimum atomic E-state index is 0.00703. The topological polar surface area (TPSA) is 32.3 Å². The number of benzene rings is 3. The van der Waals surface area contributed by atoms with E-state index in [-0.39, 0.29) is 5.91 Å². The van der Waals surface area contributed by atoms with Gasteiger partial charge in [0.15, 0.2) is 0 Å². The molecule has 1 N–H and O–H groups in total. The Labute approximate surface area is 142 Å². The van der Waals surface area contributed by atoms with Crippen molar-refractivity contribution in [3.05, 3.63) is 77.9 Å². The molecule has 0 heterocycles. The van der Waals surface area contributed by atoms with Gasteiger partial charge in [0.05, 0.1) is 6.54 Å². The molecule has 122 valence electrons. The van der Waals surface area contributed by atoms with Gasteiger partial charge < -0.3 is 5.32 Å². The summed E-state index contributed by atoms with van der Waals surface area (Å²) in [5, 5.41) is 5.44. The first-order valence-corrected chi connectivity index (χ1v) is 8.13. The van der Waals surface area contributed by atoms with Crippen molar-refractivity contribution in [1.82, 2.24) is 4.90 Å². The molecule has 0 aromatic heterocycles. The van der Waals surface area contributed by atoms with Gasteiger partial charge in [0, 0.05) is 12.2 Å². The van der Waals surface area contributed by atoms with E-state index in [0.717, 1.165) is 17.8 Å². The van der Waals surface area contributed by atoms with Crippen molar-refractivity contribution < 1.29 is 4.79 Å². The van der Waals surface area contributed by atoms with Crippen molar-refractivity contribution in [3.8, 4) is 0 Å². The van der Waals surface area contributed by atoms with Crippen LogP contribution >= 0.6 is 0 Å². The lowest BCUT2D eigenvalue weighted by Gasteiger charge is -2.17. The largest absolute Gasteiger partial charge is 0.325 e. The molecule has 0 saturated heterocycles. The molecule has 0 atom stereocenters. The zero-order valence-corrected chi connectivity index (χ0v) is 14.1. The van der Waals surface area contributed by atoms with Gasteiger partial charge in [-0.25, -0.2) is 0 Å². The van der Waals surface area contributed by atoms with Crippen LogP contribution in [0.1, 0.15) is 11.1 Å². The van der Waals surface area contributed by atoms with Crippen molar-refractivity contribution in [2.45, 2.75) is 13.5 Å². The molecule has 3 heteroatoms. The number of para-hydroxylation sites is 1. The van der Waals surface area contributed by atoms with Gasteiger partial charge in [0.25, 0.3) is 0 Å². The second-order valence-corrected chi connectivity index (χ2v) is 6.22. The van der Waals surface area contributed by atoms with E-state index >= 15 is 0 Å². The van der Waals surface area contributed by atoms with Gasteiger partial charge in [-0.1, -0.05) is 54.6 Å². The van der Waals surface area contributed by atoms with E-state index in [0.29, 0.717) is 6.54 Å². The van der Waals surface area contributed by atoms with E-state index in [9.17, 15) is 4.79 Å². The first-order chi connectivity index (χ1) is 11.6. The Morgan fingerprint density at radius 3 is 2.46 bits per heavy atom. The first-order valence-electron chi connectivity index (χ1n) is 8.13. The fraction of sp³-hybridized carbons (Fsp3) is 0.190. The Bertz CT molecular complexity index is 857. The second-order valence-electron chi connectivity index (χ2n) is 6.22. The Morgan fingerprint density at radius 1 is 0.958 bits per heavy atom. The molecule has 24 heavy (non-hydrogen) atoms. The molecule has 0 radical (unpaired) electrons. The molecular formula is C21H22N2O. The number of aryl methyl sites for hydroxylation is 1. The lowest BCUT2D eigenvalue weighted by atomic mass is 10.1. The Balaban J connectivity index is 1.61. The van der Waals surface area contributed by atoms with Crippen LogP contribution in [0.15, 0.2) is 66.7 Å². The molecule has 0 aliphatic rings. The fourth-order valence-electron chi connectivity index (χ4n) is 2.85. The third-order valence-electron chi connectivity index (χ3n) is 4.10. The van der Waals surface area contributed by atoms with Crippen LogP contribution < -0.4 is 5.32 Å². The number of hydrogen-bond acceptors (Lipinski definition) is 2. The summed E-state index contributed by atoms with van der Waals surface area (Å²) in [7, 11) is 1.96. The molecule has 0 unspecified atom stereocenters. The fourth-order valence-corrected chi connectivity index (χ4v) is 2.85. The highest BCUT2D eigenvalue weighted by Crippen LogP contribution is 2.17. The van der Waals surface area contributed by atoms with E-state index in [4.69, 9.17) is 0 Å². The van der Waals surface area contributed by atoms with Crippen LogP contribution in [0.2, 0.25) is 0 Å². The number of anilines is 1. The zero-order chi connectivity index (χ0) is 16.9. The number of nitrogens with zero attached hydrogens (tertiary/aromatic N) is 1. The zero-order valence-electron chi connectivity index (χ0n) is 14.1. The normalized spacial score (nSPS) is 11.0. The molecule has 0 aliphatic heterocycles. The number of amides is 1. The van der Waals surface area contributed by atoms with Crippen LogP contribution in [-0.2, 0) is 11.3 Å². The van der Waals surface area contributed by atoms with Gasteiger partial charge >= 0.3 is 0 Å². The van der Waals surface area contributed by atoms with Crippen molar-refractivity contribution in [2.75, 3.05) is 18.9 Å². The summed E-state index contributed by atoms with van der Waals surface area (Å²) in [6.07, 6.45) is 0. The highest BCUT2D eigenvalue weighted by Gasteiger charge is 2.09. The molecule has 3 nitrogen and oxygen atoms in total. The number of carbonyl (C=O) groups is 1. The third kappa shape index (κ3) is 4.00. The summed E-state index contributed by atoms with van der Waals surface area (Å²) >= 11 is 0. The van der Waals surface area contributed by atoms with Gasteiger partial charge in [0.1, 0.15) is 0 Å². The lowest BCUT2D eigenvalue weighted by Crippen LogP contribution is -2.30. The van der Waals surface area contributed by atoms with E-state index < -0.39 is 0 Å². The van der Waals surface area contributed by atoms with E-state index in [2.05, 4.69) is 35.6 Å². The smallest absolute Gasteiger partial charge is 0.238 e.